The first-order chi connectivity index (χ1) is 15.2. The van der Waals surface area contributed by atoms with E-state index < -0.39 is 47.6 Å². The number of carbonyl (C=O) groups is 1. The second kappa shape index (κ2) is 8.31. The number of hydrogen-bond donors (Lipinski definition) is 2. The molecule has 1 saturated heterocycles. The van der Waals surface area contributed by atoms with E-state index in [9.17, 15) is 28.2 Å². The van der Waals surface area contributed by atoms with Crippen molar-refractivity contribution in [1.82, 2.24) is 9.91 Å². The van der Waals surface area contributed by atoms with Crippen molar-refractivity contribution in [2.24, 2.45) is 5.10 Å². The van der Waals surface area contributed by atoms with Crippen LogP contribution in [0.3, 0.4) is 0 Å². The van der Waals surface area contributed by atoms with E-state index in [1.54, 1.807) is 0 Å². The van der Waals surface area contributed by atoms with Gasteiger partial charge in [-0.15, -0.1) is 0 Å². The van der Waals surface area contributed by atoms with Crippen molar-refractivity contribution in [1.29, 1.82) is 0 Å². The summed E-state index contributed by atoms with van der Waals surface area (Å²) in [5, 5.41) is 25.9. The summed E-state index contributed by atoms with van der Waals surface area (Å²) in [6.45, 7) is 0.628. The summed E-state index contributed by atoms with van der Waals surface area (Å²) >= 11 is 0. The molecule has 2 aliphatic rings. The van der Waals surface area contributed by atoms with Crippen molar-refractivity contribution in [2.45, 2.75) is 37.2 Å². The predicted octanol–water partition coefficient (Wildman–Crippen LogP) is 3.41. The SMILES string of the molecule is C[C@@H](N1CC(C(c2ccccc2)c2ccccc2)N2N=CC(O)C(O)=C2C1=O)C(F)(F)F. The number of hydrogen-bond acceptors (Lipinski definition) is 5. The number of hydrazone groups is 1. The first-order valence-electron chi connectivity index (χ1n) is 10.1. The van der Waals surface area contributed by atoms with E-state index in [0.717, 1.165) is 24.3 Å². The van der Waals surface area contributed by atoms with Crippen LogP contribution in [0, 0.1) is 0 Å². The molecule has 0 spiro atoms. The maximum absolute atomic E-state index is 13.6. The molecule has 2 heterocycles. The fourth-order valence-electron chi connectivity index (χ4n) is 4.19. The first kappa shape index (κ1) is 21.9. The number of rotatable bonds is 4. The Labute approximate surface area is 182 Å². The minimum atomic E-state index is -4.66. The highest BCUT2D eigenvalue weighted by Crippen LogP contribution is 2.40. The van der Waals surface area contributed by atoms with Crippen molar-refractivity contribution in [3.05, 3.63) is 83.2 Å². The van der Waals surface area contributed by atoms with E-state index >= 15 is 0 Å². The highest BCUT2D eigenvalue weighted by molar-refractivity contribution is 5.96. The van der Waals surface area contributed by atoms with Crippen molar-refractivity contribution in [2.75, 3.05) is 6.54 Å². The zero-order chi connectivity index (χ0) is 23.0. The third-order valence-electron chi connectivity index (χ3n) is 5.89. The van der Waals surface area contributed by atoms with Gasteiger partial charge in [-0.2, -0.15) is 18.3 Å². The van der Waals surface area contributed by atoms with Crippen LogP contribution < -0.4 is 0 Å². The van der Waals surface area contributed by atoms with Gasteiger partial charge in [0.05, 0.1) is 12.3 Å². The highest BCUT2D eigenvalue weighted by Gasteiger charge is 2.51. The number of carbonyl (C=O) groups excluding carboxylic acids is 1. The highest BCUT2D eigenvalue weighted by atomic mass is 19.4. The molecule has 0 aliphatic carbocycles. The molecule has 0 saturated carbocycles. The first-order valence-corrected chi connectivity index (χ1v) is 10.1. The Morgan fingerprint density at radius 1 is 1.03 bits per heavy atom. The van der Waals surface area contributed by atoms with Crippen LogP contribution in [0.25, 0.3) is 0 Å². The molecule has 2 N–H and O–H groups in total. The van der Waals surface area contributed by atoms with Gasteiger partial charge in [0.1, 0.15) is 12.1 Å². The molecule has 4 rings (SSSR count). The van der Waals surface area contributed by atoms with Crippen molar-refractivity contribution in [3.8, 4) is 0 Å². The molecule has 0 bridgehead atoms. The number of fused-ring (bicyclic) bond motifs is 1. The van der Waals surface area contributed by atoms with E-state index in [2.05, 4.69) is 5.10 Å². The Bertz CT molecular complexity index is 1000. The van der Waals surface area contributed by atoms with Gasteiger partial charge in [0.25, 0.3) is 5.91 Å². The Morgan fingerprint density at radius 3 is 2.06 bits per heavy atom. The smallest absolute Gasteiger partial charge is 0.408 e. The van der Waals surface area contributed by atoms with Crippen LogP contribution >= 0.6 is 0 Å². The fourth-order valence-corrected chi connectivity index (χ4v) is 4.19. The van der Waals surface area contributed by atoms with Gasteiger partial charge in [0.15, 0.2) is 11.5 Å². The Balaban J connectivity index is 1.88. The molecule has 0 aromatic heterocycles. The van der Waals surface area contributed by atoms with E-state index in [0.29, 0.717) is 4.90 Å². The molecule has 1 fully saturated rings. The minimum absolute atomic E-state index is 0.280. The summed E-state index contributed by atoms with van der Waals surface area (Å²) in [5.74, 6) is -2.21. The molecular weight excluding hydrogens is 423 g/mol. The molecule has 2 aromatic rings. The predicted molar refractivity (Wildman–Crippen MR) is 112 cm³/mol. The van der Waals surface area contributed by atoms with Gasteiger partial charge in [-0.25, -0.2) is 0 Å². The van der Waals surface area contributed by atoms with E-state index in [1.165, 1.54) is 5.01 Å². The lowest BCUT2D eigenvalue weighted by Crippen LogP contribution is -2.61. The second-order valence-corrected chi connectivity index (χ2v) is 7.83. The van der Waals surface area contributed by atoms with Crippen LogP contribution in [-0.4, -0.2) is 63.2 Å². The van der Waals surface area contributed by atoms with Gasteiger partial charge in [-0.1, -0.05) is 60.7 Å². The van der Waals surface area contributed by atoms with Gasteiger partial charge >= 0.3 is 6.18 Å². The Hall–Kier alpha value is -3.33. The van der Waals surface area contributed by atoms with Crippen LogP contribution in [0.15, 0.2) is 77.2 Å². The molecule has 9 heteroatoms. The number of amides is 1. The molecule has 2 aromatic carbocycles. The summed E-state index contributed by atoms with van der Waals surface area (Å²) in [4.78, 5) is 13.7. The summed E-state index contributed by atoms with van der Waals surface area (Å²) in [6, 6.07) is 15.6. The lowest BCUT2D eigenvalue weighted by atomic mass is 9.82. The summed E-state index contributed by atoms with van der Waals surface area (Å²) in [6.07, 6.45) is -5.17. The largest absolute Gasteiger partial charge is 0.507 e. The second-order valence-electron chi connectivity index (χ2n) is 7.83. The monoisotopic (exact) mass is 445 g/mol. The van der Waals surface area contributed by atoms with Crippen molar-refractivity contribution >= 4 is 12.1 Å². The number of benzene rings is 2. The Kier molecular flexibility index (Phi) is 5.68. The summed E-state index contributed by atoms with van der Waals surface area (Å²) in [5.41, 5.74) is 1.19. The molecule has 0 radical (unpaired) electrons. The van der Waals surface area contributed by atoms with Gasteiger partial charge in [-0.3, -0.25) is 9.80 Å². The van der Waals surface area contributed by atoms with Crippen LogP contribution in [0.1, 0.15) is 24.0 Å². The molecule has 32 heavy (non-hydrogen) atoms. The molecule has 2 aliphatic heterocycles. The molecular formula is C23H22F3N3O3. The lowest BCUT2D eigenvalue weighted by molar-refractivity contribution is -0.189. The normalized spacial score (nSPS) is 22.4. The number of halogens is 3. The zero-order valence-electron chi connectivity index (χ0n) is 17.1. The standard InChI is InChI=1S/C23H22F3N3O3/c1-14(23(24,25)26)28-13-17(29-20(22(28)32)21(31)18(30)12-27-29)19(15-8-4-2-5-9-15)16-10-6-3-7-11-16/h2-12,14,17-19,30-31H,13H2,1H3/t14-,17?,18?/m1/s1. The Morgan fingerprint density at radius 2 is 1.56 bits per heavy atom. The number of aliphatic hydroxyl groups excluding tert-OH is 2. The fraction of sp³-hybridized carbons (Fsp3) is 0.304. The maximum Gasteiger partial charge on any atom is 0.408 e. The minimum Gasteiger partial charge on any atom is -0.507 e. The van der Waals surface area contributed by atoms with Gasteiger partial charge in [-0.05, 0) is 18.1 Å². The third-order valence-corrected chi connectivity index (χ3v) is 5.89. The average molecular weight is 445 g/mol. The maximum atomic E-state index is 13.6. The number of alkyl halides is 3. The molecule has 3 atom stereocenters. The van der Waals surface area contributed by atoms with E-state index in [-0.39, 0.29) is 6.54 Å². The molecule has 2 unspecified atom stereocenters. The van der Waals surface area contributed by atoms with Crippen molar-refractivity contribution < 1.29 is 28.2 Å². The quantitative estimate of drug-likeness (QED) is 0.756. The topological polar surface area (TPSA) is 76.4 Å². The van der Waals surface area contributed by atoms with Gasteiger partial charge in [0, 0.05) is 12.5 Å². The van der Waals surface area contributed by atoms with Crippen LogP contribution in [-0.2, 0) is 4.79 Å². The van der Waals surface area contributed by atoms with E-state index in [4.69, 9.17) is 0 Å². The zero-order valence-corrected chi connectivity index (χ0v) is 17.1. The number of nitrogens with zero attached hydrogens (tertiary/aromatic N) is 3. The molecule has 1 amide bonds. The van der Waals surface area contributed by atoms with E-state index in [1.807, 2.05) is 60.7 Å². The lowest BCUT2D eigenvalue weighted by Gasteiger charge is -2.47. The number of aliphatic hydroxyl groups is 2. The van der Waals surface area contributed by atoms with Gasteiger partial charge < -0.3 is 15.1 Å². The number of piperazine rings is 1. The van der Waals surface area contributed by atoms with Gasteiger partial charge in [0.2, 0.25) is 0 Å². The third kappa shape index (κ3) is 3.84. The average Bonchev–Trinajstić information content (AvgIpc) is 2.78. The molecule has 168 valence electrons. The van der Waals surface area contributed by atoms with Crippen LogP contribution in [0.2, 0.25) is 0 Å². The summed E-state index contributed by atoms with van der Waals surface area (Å²) < 4.78 is 40.8. The van der Waals surface area contributed by atoms with Crippen LogP contribution in [0.4, 0.5) is 13.2 Å². The van der Waals surface area contributed by atoms with Crippen molar-refractivity contribution in [3.63, 3.8) is 0 Å². The molecule has 6 nitrogen and oxygen atoms in total. The summed E-state index contributed by atoms with van der Waals surface area (Å²) in [7, 11) is 0. The van der Waals surface area contributed by atoms with Crippen LogP contribution in [0.5, 0.6) is 0 Å².